The van der Waals surface area contributed by atoms with Crippen molar-refractivity contribution in [3.63, 3.8) is 0 Å². The zero-order valence-electron chi connectivity index (χ0n) is 10.5. The zero-order valence-corrected chi connectivity index (χ0v) is 13.4. The van der Waals surface area contributed by atoms with E-state index in [0.717, 1.165) is 0 Å². The molecule has 4 radical (unpaired) electrons. The smallest absolute Gasteiger partial charge is 0.747 e. The van der Waals surface area contributed by atoms with Gasteiger partial charge in [-0.2, -0.15) is 0 Å². The molecule has 0 aromatic rings. The quantitative estimate of drug-likeness (QED) is 0.261. The van der Waals surface area contributed by atoms with E-state index in [1.807, 2.05) is 0 Å². The second-order valence-corrected chi connectivity index (χ2v) is 4.71. The van der Waals surface area contributed by atoms with Crippen molar-refractivity contribution in [3.05, 3.63) is 13.8 Å². The minimum Gasteiger partial charge on any atom is -0.747 e. The Kier molecular flexibility index (Phi) is 11.8. The van der Waals surface area contributed by atoms with Crippen molar-refractivity contribution in [3.8, 4) is 0 Å². The third-order valence-corrected chi connectivity index (χ3v) is 2.76. The van der Waals surface area contributed by atoms with Gasteiger partial charge in [0.15, 0.2) is 5.25 Å². The van der Waals surface area contributed by atoms with Crippen molar-refractivity contribution in [2.45, 2.75) is 24.5 Å². The van der Waals surface area contributed by atoms with Crippen LogP contribution in [0, 0.1) is 13.8 Å². The second kappa shape index (κ2) is 10.6. The molecule has 102 valence electrons. The molecule has 0 aliphatic heterocycles. The summed E-state index contributed by atoms with van der Waals surface area (Å²) < 4.78 is 41.4. The fourth-order valence-corrected chi connectivity index (χ4v) is 1.58. The molecule has 0 spiro atoms. The van der Waals surface area contributed by atoms with E-state index in [1.165, 1.54) is 0 Å². The molecule has 0 saturated heterocycles. The van der Waals surface area contributed by atoms with Gasteiger partial charge in [-0.15, -0.1) is 0 Å². The van der Waals surface area contributed by atoms with E-state index < -0.39 is 33.7 Å². The molecule has 0 N–H and O–H groups in total. The van der Waals surface area contributed by atoms with Gasteiger partial charge in [0, 0.05) is 0 Å². The molecule has 9 heteroatoms. The number of carbonyl (C=O) groups excluding carboxylic acids is 2. The van der Waals surface area contributed by atoms with Crippen LogP contribution in [0.1, 0.15) is 19.3 Å². The van der Waals surface area contributed by atoms with Crippen LogP contribution in [0.15, 0.2) is 0 Å². The Morgan fingerprint density at radius 3 is 2.00 bits per heavy atom. The van der Waals surface area contributed by atoms with Crippen LogP contribution >= 0.6 is 0 Å². The van der Waals surface area contributed by atoms with Gasteiger partial charge in [-0.1, -0.05) is 0 Å². The molecule has 0 bridgehead atoms. The van der Waals surface area contributed by atoms with Gasteiger partial charge in [0.25, 0.3) is 0 Å². The molecule has 0 saturated carbocycles. The summed E-state index contributed by atoms with van der Waals surface area (Å²) in [6.45, 7) is 9.71. The predicted octanol–water partition coefficient (Wildman–Crippen LogP) is -3.42. The number of esters is 2. The van der Waals surface area contributed by atoms with Crippen LogP contribution in [0.2, 0.25) is 0 Å². The molecular weight excluding hydrogens is 287 g/mol. The van der Waals surface area contributed by atoms with Crippen LogP contribution in [-0.4, -0.2) is 43.4 Å². The third kappa shape index (κ3) is 9.39. The van der Waals surface area contributed by atoms with Gasteiger partial charge in [-0.25, -0.2) is 8.42 Å². The Hall–Kier alpha value is -0.150. The van der Waals surface area contributed by atoms with Gasteiger partial charge in [0.05, 0.1) is 19.6 Å². The van der Waals surface area contributed by atoms with E-state index in [1.54, 1.807) is 0 Å². The standard InChI is InChI=1S/C10H14O7S.Na/c1-3-5-16-9(11)7-8(18(13,14)15)10(12)17-6-4-2;/h1-2,8H,3-7H2,(H,13,14,15);/q;+1/p-1. The first-order chi connectivity index (χ1) is 8.32. The monoisotopic (exact) mass is 300 g/mol. The average Bonchev–Trinajstić information content (AvgIpc) is 2.28. The number of rotatable bonds is 8. The predicted molar refractivity (Wildman–Crippen MR) is 57.9 cm³/mol. The van der Waals surface area contributed by atoms with E-state index in [0.29, 0.717) is 0 Å². The molecule has 1 atom stereocenters. The van der Waals surface area contributed by atoms with Crippen LogP contribution in [0.4, 0.5) is 0 Å². The first-order valence-corrected chi connectivity index (χ1v) is 6.47. The molecule has 0 heterocycles. The summed E-state index contributed by atoms with van der Waals surface area (Å²) in [5.74, 6) is -2.34. The van der Waals surface area contributed by atoms with Crippen LogP contribution < -0.4 is 29.6 Å². The molecule has 19 heavy (non-hydrogen) atoms. The van der Waals surface area contributed by atoms with E-state index in [9.17, 15) is 22.6 Å². The maximum Gasteiger partial charge on any atom is 1.00 e. The van der Waals surface area contributed by atoms with Crippen molar-refractivity contribution in [2.75, 3.05) is 13.2 Å². The maximum absolute atomic E-state index is 11.3. The van der Waals surface area contributed by atoms with Gasteiger partial charge in [-0.05, 0) is 26.7 Å². The Bertz CT molecular complexity index is 379. The maximum atomic E-state index is 11.3. The summed E-state index contributed by atoms with van der Waals surface area (Å²) in [5.41, 5.74) is 0. The number of carbonyl (C=O) groups is 2. The summed E-state index contributed by atoms with van der Waals surface area (Å²) in [6.07, 6.45) is -0.900. The Balaban J connectivity index is 0. The van der Waals surface area contributed by atoms with Gasteiger partial charge in [0.1, 0.15) is 10.1 Å². The van der Waals surface area contributed by atoms with E-state index in [4.69, 9.17) is 13.8 Å². The number of ether oxygens (including phenoxy) is 2. The molecule has 7 nitrogen and oxygen atoms in total. The molecule has 0 rings (SSSR count). The fraction of sp³-hybridized carbons (Fsp3) is 0.600. The molecule has 0 aromatic heterocycles. The van der Waals surface area contributed by atoms with Gasteiger partial charge >= 0.3 is 41.5 Å². The minimum absolute atomic E-state index is 0. The fourth-order valence-electron chi connectivity index (χ4n) is 0.939. The Morgan fingerprint density at radius 1 is 1.11 bits per heavy atom. The van der Waals surface area contributed by atoms with Crippen molar-refractivity contribution in [1.82, 2.24) is 0 Å². The summed E-state index contributed by atoms with van der Waals surface area (Å²) >= 11 is 0. The molecule has 0 aromatic carbocycles. The van der Waals surface area contributed by atoms with E-state index >= 15 is 0 Å². The third-order valence-electron chi connectivity index (χ3n) is 1.71. The summed E-state index contributed by atoms with van der Waals surface area (Å²) in [7, 11) is -5.01. The Morgan fingerprint density at radius 2 is 1.58 bits per heavy atom. The molecule has 0 aliphatic carbocycles. The van der Waals surface area contributed by atoms with E-state index in [2.05, 4.69) is 9.47 Å². The second-order valence-electron chi connectivity index (χ2n) is 3.15. The summed E-state index contributed by atoms with van der Waals surface area (Å²) in [4.78, 5) is 22.4. The van der Waals surface area contributed by atoms with Crippen molar-refractivity contribution in [1.29, 1.82) is 0 Å². The van der Waals surface area contributed by atoms with Gasteiger partial charge < -0.3 is 14.0 Å². The van der Waals surface area contributed by atoms with Crippen molar-refractivity contribution in [2.24, 2.45) is 0 Å². The average molecular weight is 300 g/mol. The van der Waals surface area contributed by atoms with Crippen LogP contribution in [-0.2, 0) is 29.2 Å². The number of hydrogen-bond donors (Lipinski definition) is 0. The zero-order chi connectivity index (χ0) is 14.2. The normalized spacial score (nSPS) is 12.2. The van der Waals surface area contributed by atoms with E-state index in [-0.39, 0.29) is 55.6 Å². The van der Waals surface area contributed by atoms with Gasteiger partial charge in [-0.3, -0.25) is 9.59 Å². The first kappa shape index (κ1) is 21.2. The minimum atomic E-state index is -5.01. The topological polar surface area (TPSA) is 110 Å². The number of hydrogen-bond acceptors (Lipinski definition) is 7. The summed E-state index contributed by atoms with van der Waals surface area (Å²) in [6, 6.07) is 0. The molecular formula is C10H13NaO7S. The summed E-state index contributed by atoms with van der Waals surface area (Å²) in [5, 5.41) is -2.13. The van der Waals surface area contributed by atoms with Crippen LogP contribution in [0.25, 0.3) is 0 Å². The van der Waals surface area contributed by atoms with Crippen LogP contribution in [0.5, 0.6) is 0 Å². The molecule has 0 amide bonds. The van der Waals surface area contributed by atoms with Gasteiger partial charge in [0.2, 0.25) is 0 Å². The Labute approximate surface area is 135 Å². The van der Waals surface area contributed by atoms with Crippen molar-refractivity contribution < 1.29 is 61.6 Å². The largest absolute Gasteiger partial charge is 1.00 e. The molecule has 0 fully saturated rings. The first-order valence-electron chi connectivity index (χ1n) is 5.00. The molecule has 0 aliphatic rings. The van der Waals surface area contributed by atoms with Crippen LogP contribution in [0.3, 0.4) is 0 Å². The van der Waals surface area contributed by atoms with Crippen molar-refractivity contribution >= 4 is 22.1 Å². The molecule has 1 unspecified atom stereocenters. The SMILES string of the molecule is [CH]CCOC(=O)CC(C(=O)OCC[CH])S(=O)(=O)[O-].[Na+].